The quantitative estimate of drug-likeness (QED) is 0.706. The fraction of sp³-hybridized carbons (Fsp3) is 0.421. The van der Waals surface area contributed by atoms with Crippen LogP contribution in [0, 0.1) is 5.92 Å². The molecule has 0 bridgehead atoms. The molecule has 0 saturated heterocycles. The molecule has 1 nitrogen and oxygen atoms in total. The molecule has 0 aliphatic rings. The molecule has 1 aromatic heterocycles. The average Bonchev–Trinajstić information content (AvgIpc) is 2.46. The zero-order valence-electron chi connectivity index (χ0n) is 14.0. The molecular weight excluding hydrogens is 315 g/mol. The number of hydrogen-bond donors (Lipinski definition) is 0. The Labute approximate surface area is 132 Å². The Bertz CT molecular complexity index is 584. The van der Waals surface area contributed by atoms with E-state index < -0.39 is 13.3 Å². The molecule has 0 aliphatic heterocycles. The molecule has 0 spiro atoms. The van der Waals surface area contributed by atoms with Gasteiger partial charge in [-0.15, -0.1) is 0 Å². The van der Waals surface area contributed by atoms with Crippen LogP contribution in [0.5, 0.6) is 0 Å². The van der Waals surface area contributed by atoms with Crippen molar-refractivity contribution in [2.75, 3.05) is 0 Å². The molecule has 112 valence electrons. The minimum absolute atomic E-state index is 0.736. The first-order valence-electron chi connectivity index (χ1n) is 7.96. The van der Waals surface area contributed by atoms with Crippen LogP contribution in [0.4, 0.5) is 0 Å². The Hall–Kier alpha value is -1.09. The molecule has 1 unspecified atom stereocenters. The van der Waals surface area contributed by atoms with Gasteiger partial charge < -0.3 is 0 Å². The standard InChI is InChI=1S/C19H27GeN/c1-6-15(2)12-17-13-19(16-10-8-7-9-11-16)21-14-18(17)20(3,4)5/h7-11,13-15H,6,12H2,1-5H3. The SMILES string of the molecule is CCC(C)Cc1cc(-c2ccccc2)nc[c]1[Ge]([CH3])([CH3])[CH3]. The van der Waals surface area contributed by atoms with Crippen LogP contribution in [-0.2, 0) is 6.42 Å². The van der Waals surface area contributed by atoms with Gasteiger partial charge in [-0.1, -0.05) is 0 Å². The molecule has 2 rings (SSSR count). The summed E-state index contributed by atoms with van der Waals surface area (Å²) in [6.07, 6.45) is 4.58. The third-order valence-electron chi connectivity index (χ3n) is 4.13. The van der Waals surface area contributed by atoms with Crippen molar-refractivity contribution < 1.29 is 0 Å². The van der Waals surface area contributed by atoms with E-state index in [9.17, 15) is 0 Å². The first-order chi connectivity index (χ1) is 9.91. The van der Waals surface area contributed by atoms with Crippen molar-refractivity contribution in [3.05, 3.63) is 48.2 Å². The molecule has 0 fully saturated rings. The molecule has 1 atom stereocenters. The van der Waals surface area contributed by atoms with E-state index in [0.29, 0.717) is 0 Å². The first kappa shape index (κ1) is 16.3. The van der Waals surface area contributed by atoms with E-state index in [4.69, 9.17) is 4.98 Å². The van der Waals surface area contributed by atoms with Crippen LogP contribution in [0.25, 0.3) is 11.3 Å². The predicted octanol–water partition coefficient (Wildman–Crippen LogP) is 4.88. The molecule has 0 radical (unpaired) electrons. The van der Waals surface area contributed by atoms with E-state index in [2.05, 4.69) is 73.7 Å². The molecule has 0 aliphatic carbocycles. The van der Waals surface area contributed by atoms with Gasteiger partial charge in [0.05, 0.1) is 0 Å². The average molecular weight is 342 g/mol. The van der Waals surface area contributed by atoms with E-state index in [1.165, 1.54) is 24.0 Å². The van der Waals surface area contributed by atoms with Gasteiger partial charge in [0.1, 0.15) is 0 Å². The third kappa shape index (κ3) is 4.19. The Morgan fingerprint density at radius 1 is 1.10 bits per heavy atom. The van der Waals surface area contributed by atoms with E-state index >= 15 is 0 Å². The normalized spacial score (nSPS) is 13.2. The van der Waals surface area contributed by atoms with Crippen LogP contribution in [0.15, 0.2) is 42.6 Å². The minimum atomic E-state index is -1.86. The number of rotatable bonds is 5. The summed E-state index contributed by atoms with van der Waals surface area (Å²) >= 11 is -1.86. The molecule has 21 heavy (non-hydrogen) atoms. The van der Waals surface area contributed by atoms with Crippen molar-refractivity contribution in [1.29, 1.82) is 0 Å². The van der Waals surface area contributed by atoms with Gasteiger partial charge in [-0.3, -0.25) is 0 Å². The summed E-state index contributed by atoms with van der Waals surface area (Å²) in [5.74, 6) is 8.11. The van der Waals surface area contributed by atoms with E-state index in [1.54, 1.807) is 4.40 Å². The molecule has 2 aromatic rings. The third-order valence-corrected chi connectivity index (χ3v) is 8.47. The van der Waals surface area contributed by atoms with Gasteiger partial charge >= 0.3 is 132 Å². The summed E-state index contributed by atoms with van der Waals surface area (Å²) in [7, 11) is 0. The van der Waals surface area contributed by atoms with Crippen LogP contribution in [0.1, 0.15) is 25.8 Å². The van der Waals surface area contributed by atoms with Crippen LogP contribution >= 0.6 is 0 Å². The summed E-state index contributed by atoms with van der Waals surface area (Å²) in [6, 6.07) is 12.9. The Kier molecular flexibility index (Phi) is 5.26. The zero-order valence-corrected chi connectivity index (χ0v) is 16.1. The van der Waals surface area contributed by atoms with E-state index in [1.807, 2.05) is 0 Å². The second-order valence-corrected chi connectivity index (χ2v) is 17.6. The van der Waals surface area contributed by atoms with Crippen molar-refractivity contribution in [3.63, 3.8) is 0 Å². The zero-order chi connectivity index (χ0) is 15.5. The number of aromatic nitrogens is 1. The van der Waals surface area contributed by atoms with Crippen LogP contribution in [-0.4, -0.2) is 18.3 Å². The second-order valence-electron chi connectivity index (χ2n) is 7.06. The van der Waals surface area contributed by atoms with Crippen LogP contribution in [0.2, 0.25) is 17.3 Å². The summed E-state index contributed by atoms with van der Waals surface area (Å²) in [5, 5.41) is 0. The number of nitrogens with zero attached hydrogens (tertiary/aromatic N) is 1. The number of benzene rings is 1. The summed E-state index contributed by atoms with van der Waals surface area (Å²) in [5.41, 5.74) is 3.87. The van der Waals surface area contributed by atoms with Crippen molar-refractivity contribution in [2.24, 2.45) is 5.92 Å². The van der Waals surface area contributed by atoms with Gasteiger partial charge in [-0.25, -0.2) is 0 Å². The molecular formula is C19H27GeN. The molecule has 0 amide bonds. The first-order valence-corrected chi connectivity index (χ1v) is 15.3. The Morgan fingerprint density at radius 3 is 2.33 bits per heavy atom. The topological polar surface area (TPSA) is 12.9 Å². The molecule has 1 heterocycles. The maximum atomic E-state index is 4.76. The van der Waals surface area contributed by atoms with Gasteiger partial charge in [-0.05, 0) is 0 Å². The van der Waals surface area contributed by atoms with E-state index in [0.717, 1.165) is 11.6 Å². The molecule has 0 saturated carbocycles. The summed E-state index contributed by atoms with van der Waals surface area (Å²) in [4.78, 5) is 4.76. The second kappa shape index (κ2) is 6.78. The van der Waals surface area contributed by atoms with Crippen molar-refractivity contribution in [1.82, 2.24) is 4.98 Å². The van der Waals surface area contributed by atoms with Gasteiger partial charge in [-0.2, -0.15) is 0 Å². The predicted molar refractivity (Wildman–Crippen MR) is 95.8 cm³/mol. The van der Waals surface area contributed by atoms with Crippen LogP contribution in [0.3, 0.4) is 0 Å². The van der Waals surface area contributed by atoms with Gasteiger partial charge in [0.15, 0.2) is 0 Å². The van der Waals surface area contributed by atoms with Crippen molar-refractivity contribution in [3.8, 4) is 11.3 Å². The Morgan fingerprint density at radius 2 is 1.76 bits per heavy atom. The van der Waals surface area contributed by atoms with Crippen LogP contribution < -0.4 is 4.40 Å². The maximum absolute atomic E-state index is 4.76. The van der Waals surface area contributed by atoms with Crippen molar-refractivity contribution in [2.45, 2.75) is 44.0 Å². The van der Waals surface area contributed by atoms with Crippen molar-refractivity contribution >= 4 is 17.7 Å². The fourth-order valence-electron chi connectivity index (χ4n) is 2.63. The fourth-order valence-corrected chi connectivity index (χ4v) is 5.96. The van der Waals surface area contributed by atoms with E-state index in [-0.39, 0.29) is 0 Å². The van der Waals surface area contributed by atoms with Gasteiger partial charge in [0.25, 0.3) is 0 Å². The van der Waals surface area contributed by atoms with Gasteiger partial charge in [0.2, 0.25) is 0 Å². The van der Waals surface area contributed by atoms with Gasteiger partial charge in [0, 0.05) is 0 Å². The number of pyridine rings is 1. The summed E-state index contributed by atoms with van der Waals surface area (Å²) < 4.78 is 1.56. The summed E-state index contributed by atoms with van der Waals surface area (Å²) in [6.45, 7) is 4.63. The molecule has 1 aromatic carbocycles. The molecule has 2 heteroatoms. The monoisotopic (exact) mass is 343 g/mol. The number of hydrogen-bond acceptors (Lipinski definition) is 1. The molecule has 0 N–H and O–H groups in total. The Balaban J connectivity index is 2.46.